The summed E-state index contributed by atoms with van der Waals surface area (Å²) in [6.07, 6.45) is 24.0. The third-order valence-electron chi connectivity index (χ3n) is 8.42. The SMILES string of the molecule is CCCCCCCCCCOc1ccc(C(=O)Oc2ccc(OCC=CC3CCC(CCCCC)CC3)cc2)c(F)c1F. The van der Waals surface area contributed by atoms with Gasteiger partial charge in [-0.1, -0.05) is 96.6 Å². The lowest BCUT2D eigenvalue weighted by molar-refractivity contribution is 0.0728. The van der Waals surface area contributed by atoms with Crippen LogP contribution >= 0.6 is 0 Å². The molecule has 4 nitrogen and oxygen atoms in total. The fraction of sp³-hybridized carbons (Fsp3) is 0.595. The van der Waals surface area contributed by atoms with Crippen molar-refractivity contribution in [2.45, 2.75) is 117 Å². The predicted molar refractivity (Wildman–Crippen MR) is 170 cm³/mol. The molecule has 6 heteroatoms. The number of carbonyl (C=O) groups is 1. The van der Waals surface area contributed by atoms with E-state index in [2.05, 4.69) is 26.0 Å². The molecule has 0 amide bonds. The molecule has 43 heavy (non-hydrogen) atoms. The van der Waals surface area contributed by atoms with E-state index < -0.39 is 23.2 Å². The molecule has 0 unspecified atom stereocenters. The second kappa shape index (κ2) is 20.1. The smallest absolute Gasteiger partial charge is 0.346 e. The van der Waals surface area contributed by atoms with Crippen molar-refractivity contribution in [3.05, 3.63) is 65.7 Å². The molecule has 238 valence electrons. The normalized spacial score (nSPS) is 16.8. The van der Waals surface area contributed by atoms with Gasteiger partial charge in [0, 0.05) is 0 Å². The van der Waals surface area contributed by atoms with Crippen molar-refractivity contribution in [1.29, 1.82) is 0 Å². The third-order valence-corrected chi connectivity index (χ3v) is 8.42. The van der Waals surface area contributed by atoms with Crippen LogP contribution in [0.2, 0.25) is 0 Å². The van der Waals surface area contributed by atoms with Gasteiger partial charge >= 0.3 is 5.97 Å². The molecule has 2 aromatic rings. The molecule has 0 N–H and O–H groups in total. The molecule has 0 spiro atoms. The first-order valence-corrected chi connectivity index (χ1v) is 16.7. The zero-order valence-electron chi connectivity index (χ0n) is 26.4. The van der Waals surface area contributed by atoms with Crippen LogP contribution in [0, 0.1) is 23.5 Å². The van der Waals surface area contributed by atoms with Gasteiger partial charge in [-0.15, -0.1) is 0 Å². The maximum absolute atomic E-state index is 14.7. The number of unbranched alkanes of at least 4 members (excludes halogenated alkanes) is 9. The van der Waals surface area contributed by atoms with Gasteiger partial charge in [0.15, 0.2) is 11.6 Å². The lowest BCUT2D eigenvalue weighted by atomic mass is 9.79. The van der Waals surface area contributed by atoms with E-state index in [1.807, 2.05) is 0 Å². The molecule has 2 aromatic carbocycles. The van der Waals surface area contributed by atoms with Crippen LogP contribution in [0.25, 0.3) is 0 Å². The minimum atomic E-state index is -1.27. The maximum Gasteiger partial charge on any atom is 0.346 e. The Morgan fingerprint density at radius 1 is 0.744 bits per heavy atom. The predicted octanol–water partition coefficient (Wildman–Crippen LogP) is 11.0. The van der Waals surface area contributed by atoms with Crippen LogP contribution in [-0.2, 0) is 0 Å². The maximum atomic E-state index is 14.7. The van der Waals surface area contributed by atoms with Gasteiger partial charge in [0.25, 0.3) is 0 Å². The standard InChI is InChI=1S/C37H52F2O4/c1-3-5-7-8-9-10-11-13-27-42-34-26-25-33(35(38)36(34)39)37(40)43-32-23-21-31(22-24-32)41-28-14-16-30-19-17-29(18-20-30)15-12-6-4-2/h14,16,21-26,29-30H,3-13,15,17-20,27-28H2,1-2H3. The van der Waals surface area contributed by atoms with Gasteiger partial charge in [-0.05, 0) is 80.3 Å². The summed E-state index contributed by atoms with van der Waals surface area (Å²) in [7, 11) is 0. The number of hydrogen-bond acceptors (Lipinski definition) is 4. The van der Waals surface area contributed by atoms with Crippen LogP contribution in [-0.4, -0.2) is 19.2 Å². The van der Waals surface area contributed by atoms with Gasteiger partial charge in [0.1, 0.15) is 18.1 Å². The van der Waals surface area contributed by atoms with Crippen LogP contribution in [0.3, 0.4) is 0 Å². The van der Waals surface area contributed by atoms with E-state index in [0.717, 1.165) is 25.2 Å². The first-order valence-electron chi connectivity index (χ1n) is 16.7. The molecule has 0 aromatic heterocycles. The van der Waals surface area contributed by atoms with Crippen molar-refractivity contribution >= 4 is 5.97 Å². The van der Waals surface area contributed by atoms with Crippen molar-refractivity contribution in [3.63, 3.8) is 0 Å². The third kappa shape index (κ3) is 12.7. The van der Waals surface area contributed by atoms with E-state index in [-0.39, 0.29) is 11.5 Å². The molecule has 0 aliphatic heterocycles. The van der Waals surface area contributed by atoms with Crippen LogP contribution in [0.15, 0.2) is 48.6 Å². The largest absolute Gasteiger partial charge is 0.490 e. The zero-order valence-corrected chi connectivity index (χ0v) is 26.4. The summed E-state index contributed by atoms with van der Waals surface area (Å²) in [5, 5.41) is 0. The Labute approximate surface area is 258 Å². The first kappa shape index (κ1) is 34.6. The molecular formula is C37H52F2O4. The molecule has 1 aliphatic rings. The number of ether oxygens (including phenoxy) is 3. The number of carbonyl (C=O) groups excluding carboxylic acids is 1. The highest BCUT2D eigenvalue weighted by Gasteiger charge is 2.21. The van der Waals surface area contributed by atoms with Crippen molar-refractivity contribution in [2.24, 2.45) is 11.8 Å². The first-order chi connectivity index (χ1) is 21.0. The molecule has 0 atom stereocenters. The van der Waals surface area contributed by atoms with E-state index in [4.69, 9.17) is 14.2 Å². The number of allylic oxidation sites excluding steroid dienone is 1. The van der Waals surface area contributed by atoms with E-state index in [1.54, 1.807) is 24.3 Å². The molecule has 0 heterocycles. The summed E-state index contributed by atoms with van der Waals surface area (Å²) in [6.45, 7) is 5.23. The minimum absolute atomic E-state index is 0.192. The second-order valence-electron chi connectivity index (χ2n) is 11.9. The fourth-order valence-electron chi connectivity index (χ4n) is 5.73. The monoisotopic (exact) mass is 598 g/mol. The van der Waals surface area contributed by atoms with Gasteiger partial charge in [-0.25, -0.2) is 9.18 Å². The molecule has 1 saturated carbocycles. The van der Waals surface area contributed by atoms with Crippen molar-refractivity contribution in [3.8, 4) is 17.2 Å². The van der Waals surface area contributed by atoms with Crippen LogP contribution in [0.1, 0.15) is 127 Å². The number of hydrogen-bond donors (Lipinski definition) is 0. The Hall–Kier alpha value is -2.89. The molecular weight excluding hydrogens is 546 g/mol. The summed E-state index contributed by atoms with van der Waals surface area (Å²) >= 11 is 0. The number of esters is 1. The Morgan fingerprint density at radius 3 is 2.07 bits per heavy atom. The summed E-state index contributed by atoms with van der Waals surface area (Å²) in [5.74, 6) is -1.21. The Morgan fingerprint density at radius 2 is 1.37 bits per heavy atom. The van der Waals surface area contributed by atoms with Crippen LogP contribution in [0.4, 0.5) is 8.78 Å². The van der Waals surface area contributed by atoms with Crippen molar-refractivity contribution < 1.29 is 27.8 Å². The fourth-order valence-corrected chi connectivity index (χ4v) is 5.73. The molecule has 1 aliphatic carbocycles. The molecule has 3 rings (SSSR count). The molecule has 0 saturated heterocycles. The topological polar surface area (TPSA) is 44.8 Å². The second-order valence-corrected chi connectivity index (χ2v) is 11.9. The minimum Gasteiger partial charge on any atom is -0.490 e. The van der Waals surface area contributed by atoms with E-state index in [9.17, 15) is 13.6 Å². The Bertz CT molecular complexity index is 1090. The van der Waals surface area contributed by atoms with Crippen LogP contribution < -0.4 is 14.2 Å². The summed E-state index contributed by atoms with van der Waals surface area (Å²) in [5.41, 5.74) is -0.475. The van der Waals surface area contributed by atoms with Crippen LogP contribution in [0.5, 0.6) is 17.2 Å². The molecule has 0 bridgehead atoms. The summed E-state index contributed by atoms with van der Waals surface area (Å²) < 4.78 is 45.8. The van der Waals surface area contributed by atoms with Gasteiger partial charge < -0.3 is 14.2 Å². The average Bonchev–Trinajstić information content (AvgIpc) is 3.02. The molecule has 1 fully saturated rings. The Balaban J connectivity index is 1.36. The van der Waals surface area contributed by atoms with Crippen molar-refractivity contribution in [1.82, 2.24) is 0 Å². The Kier molecular flexibility index (Phi) is 16.2. The summed E-state index contributed by atoms with van der Waals surface area (Å²) in [6, 6.07) is 9.02. The highest BCUT2D eigenvalue weighted by atomic mass is 19.2. The average molecular weight is 599 g/mol. The van der Waals surface area contributed by atoms with Gasteiger partial charge in [0.05, 0.1) is 12.2 Å². The highest BCUT2D eigenvalue weighted by Crippen LogP contribution is 2.32. The van der Waals surface area contributed by atoms with E-state index in [0.29, 0.717) is 24.9 Å². The quantitative estimate of drug-likeness (QED) is 0.0658. The van der Waals surface area contributed by atoms with Gasteiger partial charge in [-0.3, -0.25) is 0 Å². The number of rotatable bonds is 20. The number of halogens is 2. The van der Waals surface area contributed by atoms with E-state index >= 15 is 0 Å². The lowest BCUT2D eigenvalue weighted by Gasteiger charge is -2.26. The van der Waals surface area contributed by atoms with Gasteiger partial charge in [0.2, 0.25) is 5.82 Å². The van der Waals surface area contributed by atoms with Gasteiger partial charge in [-0.2, -0.15) is 4.39 Å². The number of benzene rings is 2. The van der Waals surface area contributed by atoms with Crippen molar-refractivity contribution in [2.75, 3.05) is 13.2 Å². The molecule has 0 radical (unpaired) electrons. The summed E-state index contributed by atoms with van der Waals surface area (Å²) in [4.78, 5) is 12.5. The zero-order chi connectivity index (χ0) is 30.7. The lowest BCUT2D eigenvalue weighted by Crippen LogP contribution is -2.13. The van der Waals surface area contributed by atoms with E-state index in [1.165, 1.54) is 95.6 Å². The highest BCUT2D eigenvalue weighted by molar-refractivity contribution is 5.91.